The summed E-state index contributed by atoms with van der Waals surface area (Å²) in [6, 6.07) is 12.9. The third-order valence-electron chi connectivity index (χ3n) is 4.13. The van der Waals surface area contributed by atoms with Gasteiger partial charge in [0, 0.05) is 44.7 Å². The van der Waals surface area contributed by atoms with E-state index < -0.39 is 0 Å². The summed E-state index contributed by atoms with van der Waals surface area (Å²) >= 11 is 0. The van der Waals surface area contributed by atoms with E-state index in [-0.39, 0.29) is 30.0 Å². The number of halogens is 1. The van der Waals surface area contributed by atoms with Crippen LogP contribution in [-0.2, 0) is 20.8 Å². The normalized spacial score (nSPS) is 10.2. The molecule has 2 rings (SSSR count). The first-order chi connectivity index (χ1) is 13.3. The van der Waals surface area contributed by atoms with Crippen LogP contribution in [0.1, 0.15) is 25.8 Å². The fraction of sp³-hybridized carbons (Fsp3) is 0.286. The van der Waals surface area contributed by atoms with Crippen molar-refractivity contribution in [1.29, 1.82) is 0 Å². The number of hydrogen-bond donors (Lipinski definition) is 2. The highest BCUT2D eigenvalue weighted by atomic mass is 19.1. The molecule has 0 radical (unpaired) electrons. The van der Waals surface area contributed by atoms with Gasteiger partial charge in [0.05, 0.1) is 0 Å². The van der Waals surface area contributed by atoms with Gasteiger partial charge in [-0.05, 0) is 48.4 Å². The van der Waals surface area contributed by atoms with Gasteiger partial charge in [-0.2, -0.15) is 0 Å². The smallest absolute Gasteiger partial charge is 0.226 e. The van der Waals surface area contributed by atoms with Crippen molar-refractivity contribution in [3.8, 4) is 0 Å². The van der Waals surface area contributed by atoms with Crippen LogP contribution in [-0.4, -0.2) is 35.7 Å². The highest BCUT2D eigenvalue weighted by molar-refractivity contribution is 5.92. The lowest BCUT2D eigenvalue weighted by molar-refractivity contribution is -0.129. The topological polar surface area (TPSA) is 78.5 Å². The number of hydrogen-bond acceptors (Lipinski definition) is 3. The van der Waals surface area contributed by atoms with Gasteiger partial charge in [-0.15, -0.1) is 0 Å². The molecule has 0 aliphatic heterocycles. The first-order valence-electron chi connectivity index (χ1n) is 9.01. The summed E-state index contributed by atoms with van der Waals surface area (Å²) < 4.78 is 13.0. The highest BCUT2D eigenvalue weighted by Gasteiger charge is 2.12. The van der Waals surface area contributed by atoms with Crippen molar-refractivity contribution in [2.24, 2.45) is 0 Å². The molecule has 0 spiro atoms. The zero-order valence-electron chi connectivity index (χ0n) is 16.0. The Morgan fingerprint density at radius 1 is 0.857 bits per heavy atom. The lowest BCUT2D eigenvalue weighted by Gasteiger charge is -2.21. The minimum atomic E-state index is -0.297. The standard InChI is InChI=1S/C21H24FN3O3/c1-15(26)23-19-7-9-20(10-8-19)24-21(28)12-14-25(16(2)27)13-11-17-3-5-18(22)6-4-17/h3-10H,11-14H2,1-2H3,(H,23,26)(H,24,28). The van der Waals surface area contributed by atoms with Crippen LogP contribution in [0.3, 0.4) is 0 Å². The van der Waals surface area contributed by atoms with E-state index in [1.807, 2.05) is 0 Å². The van der Waals surface area contributed by atoms with E-state index in [0.29, 0.717) is 30.9 Å². The number of benzene rings is 2. The first kappa shape index (κ1) is 21.1. The number of carbonyl (C=O) groups excluding carboxylic acids is 3. The van der Waals surface area contributed by atoms with Gasteiger partial charge in [-0.1, -0.05) is 12.1 Å². The maximum atomic E-state index is 13.0. The van der Waals surface area contributed by atoms with Crippen LogP contribution in [0.4, 0.5) is 15.8 Å². The maximum Gasteiger partial charge on any atom is 0.226 e. The summed E-state index contributed by atoms with van der Waals surface area (Å²) in [7, 11) is 0. The molecule has 0 aliphatic carbocycles. The zero-order chi connectivity index (χ0) is 20.5. The van der Waals surface area contributed by atoms with Gasteiger partial charge in [-0.3, -0.25) is 14.4 Å². The quantitative estimate of drug-likeness (QED) is 0.732. The van der Waals surface area contributed by atoms with E-state index >= 15 is 0 Å². The largest absolute Gasteiger partial charge is 0.342 e. The highest BCUT2D eigenvalue weighted by Crippen LogP contribution is 2.14. The molecule has 0 atom stereocenters. The molecule has 0 aliphatic rings. The average Bonchev–Trinajstić information content (AvgIpc) is 2.64. The van der Waals surface area contributed by atoms with Gasteiger partial charge in [-0.25, -0.2) is 4.39 Å². The Balaban J connectivity index is 1.81. The van der Waals surface area contributed by atoms with Crippen molar-refractivity contribution >= 4 is 29.1 Å². The van der Waals surface area contributed by atoms with Crippen molar-refractivity contribution in [1.82, 2.24) is 4.90 Å². The molecule has 28 heavy (non-hydrogen) atoms. The Morgan fingerprint density at radius 3 is 1.96 bits per heavy atom. The third-order valence-corrected chi connectivity index (χ3v) is 4.13. The molecule has 7 heteroatoms. The lowest BCUT2D eigenvalue weighted by Crippen LogP contribution is -2.33. The summed E-state index contributed by atoms with van der Waals surface area (Å²) in [5, 5.41) is 5.42. The molecule has 0 saturated carbocycles. The number of amides is 3. The number of nitrogens with zero attached hydrogens (tertiary/aromatic N) is 1. The number of anilines is 2. The van der Waals surface area contributed by atoms with Crippen LogP contribution >= 0.6 is 0 Å². The van der Waals surface area contributed by atoms with Gasteiger partial charge < -0.3 is 15.5 Å². The SMILES string of the molecule is CC(=O)Nc1ccc(NC(=O)CCN(CCc2ccc(F)cc2)C(C)=O)cc1. The van der Waals surface area contributed by atoms with Gasteiger partial charge in [0.15, 0.2) is 0 Å². The molecule has 148 valence electrons. The molecule has 2 aromatic carbocycles. The zero-order valence-corrected chi connectivity index (χ0v) is 16.0. The van der Waals surface area contributed by atoms with Crippen LogP contribution < -0.4 is 10.6 Å². The monoisotopic (exact) mass is 385 g/mol. The molecule has 0 saturated heterocycles. The van der Waals surface area contributed by atoms with Crippen molar-refractivity contribution in [3.63, 3.8) is 0 Å². The van der Waals surface area contributed by atoms with Gasteiger partial charge in [0.2, 0.25) is 17.7 Å². The summed E-state index contributed by atoms with van der Waals surface area (Å²) in [4.78, 5) is 36.6. The molecule has 2 aromatic rings. The minimum Gasteiger partial charge on any atom is -0.342 e. The first-order valence-corrected chi connectivity index (χ1v) is 9.01. The van der Waals surface area contributed by atoms with Gasteiger partial charge >= 0.3 is 0 Å². The molecule has 0 bridgehead atoms. The van der Waals surface area contributed by atoms with Crippen molar-refractivity contribution in [2.45, 2.75) is 26.7 Å². The maximum absolute atomic E-state index is 13.0. The van der Waals surface area contributed by atoms with Crippen LogP contribution in [0.5, 0.6) is 0 Å². The van der Waals surface area contributed by atoms with E-state index in [2.05, 4.69) is 10.6 Å². The van der Waals surface area contributed by atoms with E-state index in [9.17, 15) is 18.8 Å². The summed E-state index contributed by atoms with van der Waals surface area (Å²) in [5.41, 5.74) is 2.19. The summed E-state index contributed by atoms with van der Waals surface area (Å²) in [6.07, 6.45) is 0.753. The lowest BCUT2D eigenvalue weighted by atomic mass is 10.1. The van der Waals surface area contributed by atoms with E-state index in [0.717, 1.165) is 5.56 Å². The average molecular weight is 385 g/mol. The number of carbonyl (C=O) groups is 3. The predicted octanol–water partition coefficient (Wildman–Crippen LogP) is 3.20. The fourth-order valence-corrected chi connectivity index (χ4v) is 2.64. The minimum absolute atomic E-state index is 0.116. The second-order valence-electron chi connectivity index (χ2n) is 6.44. The van der Waals surface area contributed by atoms with Crippen molar-refractivity contribution in [2.75, 3.05) is 23.7 Å². The molecular weight excluding hydrogens is 361 g/mol. The predicted molar refractivity (Wildman–Crippen MR) is 106 cm³/mol. The van der Waals surface area contributed by atoms with Gasteiger partial charge in [0.1, 0.15) is 5.82 Å². The fourth-order valence-electron chi connectivity index (χ4n) is 2.64. The molecule has 0 heterocycles. The van der Waals surface area contributed by atoms with Crippen molar-refractivity contribution < 1.29 is 18.8 Å². The number of rotatable bonds is 8. The number of nitrogens with one attached hydrogen (secondary N) is 2. The van der Waals surface area contributed by atoms with Crippen molar-refractivity contribution in [3.05, 3.63) is 59.9 Å². The molecule has 3 amide bonds. The van der Waals surface area contributed by atoms with Crippen LogP contribution in [0.25, 0.3) is 0 Å². The Morgan fingerprint density at radius 2 is 1.43 bits per heavy atom. The molecule has 0 unspecified atom stereocenters. The molecule has 2 N–H and O–H groups in total. The molecular formula is C21H24FN3O3. The van der Waals surface area contributed by atoms with Crippen LogP contribution in [0.2, 0.25) is 0 Å². The third kappa shape index (κ3) is 7.19. The Kier molecular flexibility index (Phi) is 7.68. The Labute approximate surface area is 163 Å². The molecule has 0 aromatic heterocycles. The summed E-state index contributed by atoms with van der Waals surface area (Å²) in [5.74, 6) is -0.786. The molecule has 6 nitrogen and oxygen atoms in total. The van der Waals surface area contributed by atoms with Crippen LogP contribution in [0, 0.1) is 5.82 Å². The van der Waals surface area contributed by atoms with E-state index in [1.165, 1.54) is 26.0 Å². The van der Waals surface area contributed by atoms with E-state index in [1.54, 1.807) is 41.3 Å². The Bertz CT molecular complexity index is 820. The Hall–Kier alpha value is -3.22. The van der Waals surface area contributed by atoms with Gasteiger partial charge in [0.25, 0.3) is 0 Å². The molecule has 0 fully saturated rings. The second-order valence-corrected chi connectivity index (χ2v) is 6.44. The summed E-state index contributed by atoms with van der Waals surface area (Å²) in [6.45, 7) is 3.64. The second kappa shape index (κ2) is 10.2. The van der Waals surface area contributed by atoms with Crippen LogP contribution in [0.15, 0.2) is 48.5 Å². The van der Waals surface area contributed by atoms with E-state index in [4.69, 9.17) is 0 Å².